The van der Waals surface area contributed by atoms with Crippen LogP contribution >= 0.6 is 0 Å². The maximum Gasteiger partial charge on any atom is 0.126 e. The lowest BCUT2D eigenvalue weighted by Crippen LogP contribution is -2.37. The predicted octanol–water partition coefficient (Wildman–Crippen LogP) is 3.31. The van der Waals surface area contributed by atoms with Gasteiger partial charge in [-0.3, -0.25) is 9.80 Å². The van der Waals surface area contributed by atoms with Gasteiger partial charge in [0.1, 0.15) is 11.6 Å². The van der Waals surface area contributed by atoms with E-state index in [1.165, 1.54) is 17.1 Å². The summed E-state index contributed by atoms with van der Waals surface area (Å²) in [7, 11) is 3.88. The number of benzene rings is 1. The molecule has 2 heterocycles. The molecule has 0 bridgehead atoms. The van der Waals surface area contributed by atoms with Gasteiger partial charge in [0.15, 0.2) is 0 Å². The molecule has 0 spiro atoms. The summed E-state index contributed by atoms with van der Waals surface area (Å²) in [5, 5.41) is 0. The van der Waals surface area contributed by atoms with Gasteiger partial charge in [0.2, 0.25) is 0 Å². The van der Waals surface area contributed by atoms with Crippen LogP contribution in [0, 0.1) is 0 Å². The predicted molar refractivity (Wildman–Crippen MR) is 101 cm³/mol. The van der Waals surface area contributed by atoms with Gasteiger partial charge in [0, 0.05) is 38.4 Å². The Morgan fingerprint density at radius 3 is 2.60 bits per heavy atom. The van der Waals surface area contributed by atoms with E-state index in [-0.39, 0.29) is 0 Å². The highest BCUT2D eigenvalue weighted by molar-refractivity contribution is 5.27. The summed E-state index contributed by atoms with van der Waals surface area (Å²) in [6, 6.07) is 9.23. The second-order valence-electron chi connectivity index (χ2n) is 7.26. The van der Waals surface area contributed by atoms with Gasteiger partial charge in [0.05, 0.1) is 18.8 Å². The molecule has 3 rings (SSSR count). The summed E-state index contributed by atoms with van der Waals surface area (Å²) in [4.78, 5) is 9.60. The number of imidazole rings is 1. The molecule has 25 heavy (non-hydrogen) atoms. The molecule has 0 fully saturated rings. The van der Waals surface area contributed by atoms with E-state index in [4.69, 9.17) is 9.72 Å². The minimum Gasteiger partial charge on any atom is -0.497 e. The van der Waals surface area contributed by atoms with Crippen molar-refractivity contribution in [2.45, 2.75) is 52.5 Å². The highest BCUT2D eigenvalue weighted by Gasteiger charge is 2.27. The van der Waals surface area contributed by atoms with Crippen molar-refractivity contribution in [3.05, 3.63) is 47.5 Å². The Labute approximate surface area is 151 Å². The lowest BCUT2D eigenvalue weighted by molar-refractivity contribution is 0.152. The normalized spacial score (nSPS) is 18.0. The van der Waals surface area contributed by atoms with E-state index < -0.39 is 0 Å². The third kappa shape index (κ3) is 3.88. The molecule has 1 aromatic heterocycles. The first-order chi connectivity index (χ1) is 12.0. The minimum atomic E-state index is 0.328. The second kappa shape index (κ2) is 7.58. The fourth-order valence-corrected chi connectivity index (χ4v) is 3.35. The molecule has 5 nitrogen and oxygen atoms in total. The van der Waals surface area contributed by atoms with Crippen LogP contribution in [-0.2, 0) is 19.6 Å². The van der Waals surface area contributed by atoms with E-state index in [0.717, 1.165) is 31.9 Å². The summed E-state index contributed by atoms with van der Waals surface area (Å²) in [5.41, 5.74) is 2.63. The Kier molecular flexibility index (Phi) is 5.45. The SMILES string of the molecule is COc1ccc(CN2CCn3c(CN(C)C(C)C)cnc3C2C)cc1. The minimum absolute atomic E-state index is 0.328. The molecule has 0 saturated carbocycles. The van der Waals surface area contributed by atoms with Gasteiger partial charge in [-0.25, -0.2) is 4.98 Å². The number of rotatable bonds is 6. The van der Waals surface area contributed by atoms with E-state index in [0.29, 0.717) is 12.1 Å². The average molecular weight is 342 g/mol. The summed E-state index contributed by atoms with van der Waals surface area (Å²) in [6.07, 6.45) is 2.06. The number of fused-ring (bicyclic) bond motifs is 1. The van der Waals surface area contributed by atoms with Crippen molar-refractivity contribution in [2.75, 3.05) is 20.7 Å². The lowest BCUT2D eigenvalue weighted by atomic mass is 10.1. The quantitative estimate of drug-likeness (QED) is 0.806. The van der Waals surface area contributed by atoms with Crippen LogP contribution in [0.5, 0.6) is 5.75 Å². The third-order valence-electron chi connectivity index (χ3n) is 5.34. The van der Waals surface area contributed by atoms with Crippen LogP contribution in [0.3, 0.4) is 0 Å². The summed E-state index contributed by atoms with van der Waals surface area (Å²) >= 11 is 0. The van der Waals surface area contributed by atoms with Crippen LogP contribution in [0.15, 0.2) is 30.5 Å². The van der Waals surface area contributed by atoms with Crippen molar-refractivity contribution >= 4 is 0 Å². The molecule has 1 aromatic carbocycles. The van der Waals surface area contributed by atoms with Gasteiger partial charge < -0.3 is 9.30 Å². The van der Waals surface area contributed by atoms with E-state index in [9.17, 15) is 0 Å². The molecule has 2 aromatic rings. The zero-order valence-corrected chi connectivity index (χ0v) is 16.1. The summed E-state index contributed by atoms with van der Waals surface area (Å²) < 4.78 is 7.66. The highest BCUT2D eigenvalue weighted by Crippen LogP contribution is 2.27. The highest BCUT2D eigenvalue weighted by atomic mass is 16.5. The number of ether oxygens (including phenoxy) is 1. The fourth-order valence-electron chi connectivity index (χ4n) is 3.35. The Morgan fingerprint density at radius 1 is 1.24 bits per heavy atom. The van der Waals surface area contributed by atoms with Crippen molar-refractivity contribution < 1.29 is 4.74 Å². The molecule has 1 aliphatic heterocycles. The van der Waals surface area contributed by atoms with Crippen LogP contribution < -0.4 is 4.74 Å². The van der Waals surface area contributed by atoms with Crippen LogP contribution in [0.1, 0.15) is 43.9 Å². The van der Waals surface area contributed by atoms with E-state index in [1.54, 1.807) is 7.11 Å². The Hall–Kier alpha value is -1.85. The Bertz CT molecular complexity index is 692. The molecule has 1 aliphatic rings. The number of aromatic nitrogens is 2. The number of nitrogens with zero attached hydrogens (tertiary/aromatic N) is 4. The van der Waals surface area contributed by atoms with Gasteiger partial charge in [-0.2, -0.15) is 0 Å². The van der Waals surface area contributed by atoms with Crippen LogP contribution in [0.4, 0.5) is 0 Å². The van der Waals surface area contributed by atoms with Crippen LogP contribution in [0.25, 0.3) is 0 Å². The molecule has 1 atom stereocenters. The van der Waals surface area contributed by atoms with Crippen LogP contribution in [0.2, 0.25) is 0 Å². The van der Waals surface area contributed by atoms with Crippen molar-refractivity contribution in [2.24, 2.45) is 0 Å². The van der Waals surface area contributed by atoms with E-state index in [2.05, 4.69) is 60.5 Å². The summed E-state index contributed by atoms with van der Waals surface area (Å²) in [5.74, 6) is 2.09. The molecule has 0 amide bonds. The monoisotopic (exact) mass is 342 g/mol. The first-order valence-electron chi connectivity index (χ1n) is 9.11. The maximum absolute atomic E-state index is 5.25. The van der Waals surface area contributed by atoms with Crippen molar-refractivity contribution in [1.29, 1.82) is 0 Å². The number of hydrogen-bond acceptors (Lipinski definition) is 4. The molecule has 0 aliphatic carbocycles. The van der Waals surface area contributed by atoms with Gasteiger partial charge >= 0.3 is 0 Å². The first-order valence-corrected chi connectivity index (χ1v) is 9.11. The molecule has 0 radical (unpaired) electrons. The zero-order valence-electron chi connectivity index (χ0n) is 16.1. The number of hydrogen-bond donors (Lipinski definition) is 0. The largest absolute Gasteiger partial charge is 0.497 e. The smallest absolute Gasteiger partial charge is 0.126 e. The average Bonchev–Trinajstić information content (AvgIpc) is 3.01. The molecule has 0 N–H and O–H groups in total. The lowest BCUT2D eigenvalue weighted by Gasteiger charge is -2.35. The van der Waals surface area contributed by atoms with Crippen molar-refractivity contribution in [3.63, 3.8) is 0 Å². The standard InChI is InChI=1S/C20H30N4O/c1-15(2)22(4)14-18-12-21-20-16(3)23(10-11-24(18)20)13-17-6-8-19(25-5)9-7-17/h6-9,12,15-16H,10-11,13-14H2,1-5H3. The zero-order chi connectivity index (χ0) is 18.0. The van der Waals surface area contributed by atoms with Crippen molar-refractivity contribution in [1.82, 2.24) is 19.4 Å². The number of methoxy groups -OCH3 is 1. The van der Waals surface area contributed by atoms with Crippen LogP contribution in [-0.4, -0.2) is 46.1 Å². The second-order valence-corrected chi connectivity index (χ2v) is 7.26. The molecule has 1 unspecified atom stereocenters. The summed E-state index contributed by atoms with van der Waals surface area (Å²) in [6.45, 7) is 10.7. The fraction of sp³-hybridized carbons (Fsp3) is 0.550. The molecule has 136 valence electrons. The van der Waals surface area contributed by atoms with Gasteiger partial charge in [-0.15, -0.1) is 0 Å². The van der Waals surface area contributed by atoms with Gasteiger partial charge in [-0.05, 0) is 45.5 Å². The Balaban J connectivity index is 1.70. The van der Waals surface area contributed by atoms with Gasteiger partial charge in [0.25, 0.3) is 0 Å². The molecular formula is C20H30N4O. The molecule has 0 saturated heterocycles. The van der Waals surface area contributed by atoms with Crippen molar-refractivity contribution in [3.8, 4) is 5.75 Å². The first kappa shape index (κ1) is 18.0. The third-order valence-corrected chi connectivity index (χ3v) is 5.34. The van der Waals surface area contributed by atoms with E-state index in [1.807, 2.05) is 12.1 Å². The maximum atomic E-state index is 5.25. The topological polar surface area (TPSA) is 33.5 Å². The van der Waals surface area contributed by atoms with Gasteiger partial charge in [-0.1, -0.05) is 12.1 Å². The molecule has 5 heteroatoms. The Morgan fingerprint density at radius 2 is 1.96 bits per heavy atom. The molecular weight excluding hydrogens is 312 g/mol. The van der Waals surface area contributed by atoms with E-state index >= 15 is 0 Å².